The van der Waals surface area contributed by atoms with Gasteiger partial charge in [-0.05, 0) is 38.1 Å². The van der Waals surface area contributed by atoms with E-state index in [2.05, 4.69) is 5.32 Å². The van der Waals surface area contributed by atoms with Crippen LogP contribution in [0.2, 0.25) is 0 Å². The number of halogens is 3. The smallest absolute Gasteiger partial charge is 0.390 e. The maximum absolute atomic E-state index is 12.6. The molecule has 0 radical (unpaired) electrons. The van der Waals surface area contributed by atoms with E-state index in [1.807, 2.05) is 13.8 Å². The summed E-state index contributed by atoms with van der Waals surface area (Å²) in [5.74, 6) is 0.595. The molecule has 1 unspecified atom stereocenters. The Morgan fingerprint density at radius 1 is 1.26 bits per heavy atom. The molecule has 1 aromatic carbocycles. The Morgan fingerprint density at radius 2 is 1.95 bits per heavy atom. The summed E-state index contributed by atoms with van der Waals surface area (Å²) in [6.45, 7) is 6.03. The minimum atomic E-state index is -4.19. The fraction of sp³-hybridized carbons (Fsp3) is 0.571. The topological polar surface area (TPSA) is 21.3 Å². The van der Waals surface area contributed by atoms with E-state index in [9.17, 15) is 13.2 Å². The molecule has 19 heavy (non-hydrogen) atoms. The lowest BCUT2D eigenvalue weighted by molar-refractivity contribution is -0.140. The van der Waals surface area contributed by atoms with Gasteiger partial charge in [-0.3, -0.25) is 0 Å². The molecule has 1 rings (SSSR count). The molecule has 0 aliphatic rings. The maximum atomic E-state index is 12.6. The van der Waals surface area contributed by atoms with Crippen LogP contribution in [0.4, 0.5) is 13.2 Å². The molecule has 0 saturated heterocycles. The molecule has 0 aromatic heterocycles. The number of ether oxygens (including phenoxy) is 1. The highest BCUT2D eigenvalue weighted by Gasteiger charge is 2.32. The summed E-state index contributed by atoms with van der Waals surface area (Å²) in [5, 5.41) is 2.86. The maximum Gasteiger partial charge on any atom is 0.390 e. The summed E-state index contributed by atoms with van der Waals surface area (Å²) in [6.07, 6.45) is -5.08. The molecule has 1 aromatic rings. The number of alkyl halides is 3. The van der Waals surface area contributed by atoms with Gasteiger partial charge in [0, 0.05) is 6.04 Å². The van der Waals surface area contributed by atoms with E-state index >= 15 is 0 Å². The summed E-state index contributed by atoms with van der Waals surface area (Å²) < 4.78 is 43.2. The van der Waals surface area contributed by atoms with Crippen molar-refractivity contribution >= 4 is 0 Å². The fourth-order valence-corrected chi connectivity index (χ4v) is 1.86. The van der Waals surface area contributed by atoms with E-state index in [0.717, 1.165) is 0 Å². The number of nitrogens with one attached hydrogen (secondary N) is 1. The van der Waals surface area contributed by atoms with E-state index < -0.39 is 18.6 Å². The lowest BCUT2D eigenvalue weighted by Gasteiger charge is -2.21. The Balaban J connectivity index is 2.89. The first kappa shape index (κ1) is 15.8. The Bertz CT molecular complexity index is 391. The van der Waals surface area contributed by atoms with Gasteiger partial charge in [-0.15, -0.1) is 0 Å². The SMILES string of the molecule is CCNC(CC(F)(F)F)c1cccc(OC(C)C)c1. The fourth-order valence-electron chi connectivity index (χ4n) is 1.86. The van der Waals surface area contributed by atoms with E-state index in [1.54, 1.807) is 31.2 Å². The van der Waals surface area contributed by atoms with Crippen LogP contribution in [-0.2, 0) is 0 Å². The van der Waals surface area contributed by atoms with Crippen LogP contribution >= 0.6 is 0 Å². The number of hydrogen-bond acceptors (Lipinski definition) is 2. The zero-order valence-corrected chi connectivity index (χ0v) is 11.4. The van der Waals surface area contributed by atoms with Crippen molar-refractivity contribution in [1.82, 2.24) is 5.32 Å². The molecule has 5 heteroatoms. The predicted octanol–water partition coefficient (Wildman–Crippen LogP) is 4.08. The van der Waals surface area contributed by atoms with Crippen molar-refractivity contribution in [2.75, 3.05) is 6.54 Å². The van der Waals surface area contributed by atoms with Crippen LogP contribution in [0.15, 0.2) is 24.3 Å². The van der Waals surface area contributed by atoms with Crippen molar-refractivity contribution < 1.29 is 17.9 Å². The van der Waals surface area contributed by atoms with Gasteiger partial charge in [-0.25, -0.2) is 0 Å². The molecule has 0 saturated carbocycles. The second-order valence-electron chi connectivity index (χ2n) is 4.67. The molecule has 0 aliphatic carbocycles. The second kappa shape index (κ2) is 6.80. The number of benzene rings is 1. The van der Waals surface area contributed by atoms with Crippen molar-refractivity contribution in [2.24, 2.45) is 0 Å². The van der Waals surface area contributed by atoms with Crippen molar-refractivity contribution in [3.8, 4) is 5.75 Å². The van der Waals surface area contributed by atoms with Crippen molar-refractivity contribution in [1.29, 1.82) is 0 Å². The van der Waals surface area contributed by atoms with Crippen molar-refractivity contribution in [2.45, 2.75) is 45.5 Å². The normalized spacial score (nSPS) is 13.6. The molecule has 0 aliphatic heterocycles. The van der Waals surface area contributed by atoms with Gasteiger partial charge in [-0.2, -0.15) is 13.2 Å². The first-order valence-corrected chi connectivity index (χ1v) is 6.38. The van der Waals surface area contributed by atoms with Crippen LogP contribution in [-0.4, -0.2) is 18.8 Å². The van der Waals surface area contributed by atoms with Crippen LogP contribution in [0, 0.1) is 0 Å². The molecule has 2 nitrogen and oxygen atoms in total. The largest absolute Gasteiger partial charge is 0.491 e. The van der Waals surface area contributed by atoms with Gasteiger partial charge in [0.25, 0.3) is 0 Å². The highest BCUT2D eigenvalue weighted by molar-refractivity contribution is 5.31. The van der Waals surface area contributed by atoms with Crippen molar-refractivity contribution in [3.05, 3.63) is 29.8 Å². The van der Waals surface area contributed by atoms with E-state index in [0.29, 0.717) is 17.9 Å². The molecular formula is C14H20F3NO. The van der Waals surface area contributed by atoms with Crippen LogP contribution in [0.5, 0.6) is 5.75 Å². The first-order valence-electron chi connectivity index (χ1n) is 6.38. The summed E-state index contributed by atoms with van der Waals surface area (Å²) in [7, 11) is 0. The second-order valence-corrected chi connectivity index (χ2v) is 4.67. The third-order valence-corrected chi connectivity index (χ3v) is 2.52. The monoisotopic (exact) mass is 275 g/mol. The van der Waals surface area contributed by atoms with E-state index in [1.165, 1.54) is 0 Å². The molecule has 1 atom stereocenters. The van der Waals surface area contributed by atoms with Gasteiger partial charge in [0.05, 0.1) is 12.5 Å². The number of rotatable bonds is 6. The van der Waals surface area contributed by atoms with Gasteiger partial charge < -0.3 is 10.1 Å². The third kappa shape index (κ3) is 5.96. The average molecular weight is 275 g/mol. The minimum absolute atomic E-state index is 0.00421. The third-order valence-electron chi connectivity index (χ3n) is 2.52. The van der Waals surface area contributed by atoms with Gasteiger partial charge >= 0.3 is 6.18 Å². The molecule has 0 amide bonds. The summed E-state index contributed by atoms with van der Waals surface area (Å²) in [4.78, 5) is 0. The lowest BCUT2D eigenvalue weighted by Crippen LogP contribution is -2.26. The Labute approximate surface area is 112 Å². The van der Waals surface area contributed by atoms with Crippen LogP contribution < -0.4 is 10.1 Å². The highest BCUT2D eigenvalue weighted by Crippen LogP contribution is 2.30. The molecular weight excluding hydrogens is 255 g/mol. The lowest BCUT2D eigenvalue weighted by atomic mass is 10.0. The Hall–Kier alpha value is -1.23. The van der Waals surface area contributed by atoms with Gasteiger partial charge in [-0.1, -0.05) is 19.1 Å². The van der Waals surface area contributed by atoms with Gasteiger partial charge in [0.2, 0.25) is 0 Å². The van der Waals surface area contributed by atoms with Gasteiger partial charge in [0.1, 0.15) is 5.75 Å². The predicted molar refractivity (Wildman–Crippen MR) is 69.3 cm³/mol. The quantitative estimate of drug-likeness (QED) is 0.844. The average Bonchev–Trinajstić information content (AvgIpc) is 2.26. The molecule has 0 bridgehead atoms. The van der Waals surface area contributed by atoms with E-state index in [-0.39, 0.29) is 6.10 Å². The summed E-state index contributed by atoms with van der Waals surface area (Å²) in [6, 6.07) is 6.08. The zero-order valence-electron chi connectivity index (χ0n) is 11.4. The first-order chi connectivity index (χ1) is 8.81. The Morgan fingerprint density at radius 3 is 2.47 bits per heavy atom. The molecule has 0 fully saturated rings. The summed E-state index contributed by atoms with van der Waals surface area (Å²) >= 11 is 0. The van der Waals surface area contributed by atoms with E-state index in [4.69, 9.17) is 4.74 Å². The Kier molecular flexibility index (Phi) is 5.66. The molecule has 0 heterocycles. The standard InChI is InChI=1S/C14H20F3NO/c1-4-18-13(9-14(15,16)17)11-6-5-7-12(8-11)19-10(2)3/h5-8,10,13,18H,4,9H2,1-3H3. The molecule has 108 valence electrons. The zero-order chi connectivity index (χ0) is 14.5. The molecule has 0 spiro atoms. The molecule has 1 N–H and O–H groups in total. The number of hydrogen-bond donors (Lipinski definition) is 1. The summed E-state index contributed by atoms with van der Waals surface area (Å²) in [5.41, 5.74) is 0.595. The van der Waals surface area contributed by atoms with Crippen molar-refractivity contribution in [3.63, 3.8) is 0 Å². The highest BCUT2D eigenvalue weighted by atomic mass is 19.4. The minimum Gasteiger partial charge on any atom is -0.491 e. The van der Waals surface area contributed by atoms with Crippen LogP contribution in [0.3, 0.4) is 0 Å². The van der Waals surface area contributed by atoms with Crippen LogP contribution in [0.1, 0.15) is 38.8 Å². The van der Waals surface area contributed by atoms with Crippen LogP contribution in [0.25, 0.3) is 0 Å². The van der Waals surface area contributed by atoms with Gasteiger partial charge in [0.15, 0.2) is 0 Å².